The number of benzene rings is 2. The fourth-order valence-corrected chi connectivity index (χ4v) is 5.02. The molecule has 2 aromatic carbocycles. The number of carbonyl (C=O) groups is 1. The maximum atomic E-state index is 14.3. The van der Waals surface area contributed by atoms with Crippen molar-refractivity contribution >= 4 is 16.0 Å². The number of hydrogen-bond donors (Lipinski definition) is 0. The number of halogens is 6. The molecule has 0 fully saturated rings. The molecule has 4 rings (SSSR count). The molecule has 0 saturated carbocycles. The molecule has 1 aliphatic heterocycles. The molecule has 38 heavy (non-hydrogen) atoms. The Labute approximate surface area is 213 Å². The van der Waals surface area contributed by atoms with E-state index < -0.39 is 70.0 Å². The number of aromatic nitrogens is 3. The van der Waals surface area contributed by atoms with Crippen LogP contribution < -0.4 is 0 Å². The maximum absolute atomic E-state index is 14.3. The molecule has 0 N–H and O–H groups in total. The van der Waals surface area contributed by atoms with E-state index in [1.165, 1.54) is 24.3 Å². The van der Waals surface area contributed by atoms with Gasteiger partial charge in [-0.05, 0) is 30.7 Å². The van der Waals surface area contributed by atoms with Crippen LogP contribution in [0.3, 0.4) is 0 Å². The standard InChI is InChI=1S/C23H20F6N4O4S/c1-13-2-4-16(5-3-13)38(35,36)37-15(8-14-9-18(25)19(26)11-17(14)24)10-21(34)32-6-7-33-20(12-32)30-31-22(33)23(27,28)29/h2-5,9,11,15H,6-8,10,12H2,1H3/t15-/m0/s1. The summed E-state index contributed by atoms with van der Waals surface area (Å²) in [6.45, 7) is 0.929. The second kappa shape index (κ2) is 10.4. The minimum atomic E-state index is -4.74. The summed E-state index contributed by atoms with van der Waals surface area (Å²) in [5.74, 6) is -6.10. The summed E-state index contributed by atoms with van der Waals surface area (Å²) in [5.41, 5.74) is 0.320. The molecule has 1 aromatic heterocycles. The number of alkyl halides is 3. The summed E-state index contributed by atoms with van der Waals surface area (Å²) in [6.07, 6.45) is -7.58. The molecule has 0 aliphatic carbocycles. The number of fused-ring (bicyclic) bond motifs is 1. The van der Waals surface area contributed by atoms with Crippen LogP contribution in [-0.4, -0.2) is 46.6 Å². The number of amides is 1. The first-order valence-corrected chi connectivity index (χ1v) is 12.6. The van der Waals surface area contributed by atoms with Crippen molar-refractivity contribution in [3.05, 3.63) is 76.6 Å². The third-order valence-corrected chi connectivity index (χ3v) is 7.25. The molecule has 2 heterocycles. The average molecular weight is 562 g/mol. The molecule has 0 radical (unpaired) electrons. The molecular formula is C23H20F6N4O4S. The van der Waals surface area contributed by atoms with Crippen molar-refractivity contribution < 1.29 is 43.7 Å². The van der Waals surface area contributed by atoms with Crippen LogP contribution in [0.4, 0.5) is 26.3 Å². The summed E-state index contributed by atoms with van der Waals surface area (Å²) in [4.78, 5) is 13.9. The topological polar surface area (TPSA) is 94.4 Å². The Morgan fingerprint density at radius 2 is 1.68 bits per heavy atom. The SMILES string of the molecule is Cc1ccc(S(=O)(=O)O[C@H](CC(=O)N2CCn3c(nnc3C(F)(F)F)C2)Cc2cc(F)c(F)cc2F)cc1. The Kier molecular flexibility index (Phi) is 7.52. The van der Waals surface area contributed by atoms with Crippen molar-refractivity contribution in [1.29, 1.82) is 0 Å². The number of hydrogen-bond acceptors (Lipinski definition) is 6. The maximum Gasteiger partial charge on any atom is 0.451 e. The first-order valence-electron chi connectivity index (χ1n) is 11.1. The highest BCUT2D eigenvalue weighted by Gasteiger charge is 2.40. The van der Waals surface area contributed by atoms with Crippen molar-refractivity contribution in [1.82, 2.24) is 19.7 Å². The molecule has 15 heteroatoms. The predicted molar refractivity (Wildman–Crippen MR) is 118 cm³/mol. The zero-order valence-corrected chi connectivity index (χ0v) is 20.5. The quantitative estimate of drug-likeness (QED) is 0.247. The smallest absolute Gasteiger partial charge is 0.333 e. The Morgan fingerprint density at radius 3 is 2.34 bits per heavy atom. The lowest BCUT2D eigenvalue weighted by atomic mass is 10.0. The molecule has 204 valence electrons. The molecule has 1 amide bonds. The van der Waals surface area contributed by atoms with Crippen LogP contribution in [0.1, 0.15) is 29.2 Å². The van der Waals surface area contributed by atoms with Gasteiger partial charge in [-0.1, -0.05) is 17.7 Å². The van der Waals surface area contributed by atoms with Gasteiger partial charge in [0, 0.05) is 25.6 Å². The van der Waals surface area contributed by atoms with Gasteiger partial charge in [-0.25, -0.2) is 13.2 Å². The van der Waals surface area contributed by atoms with Crippen LogP contribution in [-0.2, 0) is 44.8 Å². The Hall–Kier alpha value is -3.46. The van der Waals surface area contributed by atoms with E-state index >= 15 is 0 Å². The molecule has 0 bridgehead atoms. The van der Waals surface area contributed by atoms with E-state index in [2.05, 4.69) is 10.2 Å². The second-order valence-electron chi connectivity index (χ2n) is 8.66. The van der Waals surface area contributed by atoms with Crippen molar-refractivity contribution in [2.45, 2.75) is 50.0 Å². The zero-order chi connectivity index (χ0) is 27.8. The third-order valence-electron chi connectivity index (χ3n) is 5.87. The summed E-state index contributed by atoms with van der Waals surface area (Å²) >= 11 is 0. The van der Waals surface area contributed by atoms with E-state index in [9.17, 15) is 39.6 Å². The van der Waals surface area contributed by atoms with E-state index in [4.69, 9.17) is 4.18 Å². The lowest BCUT2D eigenvalue weighted by Crippen LogP contribution is -2.41. The molecule has 1 aliphatic rings. The predicted octanol–water partition coefficient (Wildman–Crippen LogP) is 3.77. The fraction of sp³-hybridized carbons (Fsp3) is 0.348. The molecule has 0 spiro atoms. The third kappa shape index (κ3) is 5.99. The normalized spacial score (nSPS) is 14.9. The number of aryl methyl sites for hydroxylation is 1. The lowest BCUT2D eigenvalue weighted by Gasteiger charge is -2.29. The van der Waals surface area contributed by atoms with Gasteiger partial charge in [-0.3, -0.25) is 8.98 Å². The molecule has 0 unspecified atom stereocenters. The van der Waals surface area contributed by atoms with Gasteiger partial charge in [-0.15, -0.1) is 10.2 Å². The van der Waals surface area contributed by atoms with Crippen LogP contribution in [0.5, 0.6) is 0 Å². The summed E-state index contributed by atoms with van der Waals surface area (Å²) in [7, 11) is -4.48. The monoisotopic (exact) mass is 562 g/mol. The van der Waals surface area contributed by atoms with Gasteiger partial charge >= 0.3 is 6.18 Å². The van der Waals surface area contributed by atoms with Gasteiger partial charge in [0.1, 0.15) is 5.82 Å². The number of carbonyl (C=O) groups excluding carboxylic acids is 1. The van der Waals surface area contributed by atoms with Gasteiger partial charge in [0.15, 0.2) is 17.5 Å². The molecule has 0 saturated heterocycles. The molecule has 8 nitrogen and oxygen atoms in total. The molecular weight excluding hydrogens is 542 g/mol. The van der Waals surface area contributed by atoms with Crippen molar-refractivity contribution in [2.75, 3.05) is 6.54 Å². The summed E-state index contributed by atoms with van der Waals surface area (Å²) in [5, 5.41) is 6.61. The first kappa shape index (κ1) is 27.6. The fourth-order valence-electron chi connectivity index (χ4n) is 3.95. The largest absolute Gasteiger partial charge is 0.451 e. The minimum Gasteiger partial charge on any atom is -0.333 e. The van der Waals surface area contributed by atoms with Crippen LogP contribution >= 0.6 is 0 Å². The Bertz CT molecular complexity index is 1460. The van der Waals surface area contributed by atoms with Gasteiger partial charge in [0.25, 0.3) is 10.1 Å². The van der Waals surface area contributed by atoms with Gasteiger partial charge in [-0.2, -0.15) is 21.6 Å². The molecule has 1 atom stereocenters. The summed E-state index contributed by atoms with van der Waals surface area (Å²) in [6, 6.07) is 6.35. The molecule has 3 aromatic rings. The van der Waals surface area contributed by atoms with Crippen molar-refractivity contribution in [3.8, 4) is 0 Å². The average Bonchev–Trinajstić information content (AvgIpc) is 3.26. The lowest BCUT2D eigenvalue weighted by molar-refractivity contribution is -0.148. The Balaban J connectivity index is 1.57. The first-order chi connectivity index (χ1) is 17.7. The second-order valence-corrected chi connectivity index (χ2v) is 10.2. The van der Waals surface area contributed by atoms with E-state index in [0.29, 0.717) is 6.07 Å². The highest BCUT2D eigenvalue weighted by Crippen LogP contribution is 2.30. The van der Waals surface area contributed by atoms with Crippen LogP contribution in [0.15, 0.2) is 41.3 Å². The Morgan fingerprint density at radius 1 is 1.03 bits per heavy atom. The highest BCUT2D eigenvalue weighted by molar-refractivity contribution is 7.86. The van der Waals surface area contributed by atoms with Gasteiger partial charge in [0.2, 0.25) is 11.7 Å². The number of nitrogens with zero attached hydrogens (tertiary/aromatic N) is 4. The van der Waals surface area contributed by atoms with E-state index in [1.54, 1.807) is 6.92 Å². The number of rotatable bonds is 7. The summed E-state index contributed by atoms with van der Waals surface area (Å²) < 4.78 is 113. The van der Waals surface area contributed by atoms with E-state index in [1.807, 2.05) is 0 Å². The van der Waals surface area contributed by atoms with Gasteiger partial charge < -0.3 is 9.47 Å². The van der Waals surface area contributed by atoms with Gasteiger partial charge in [0.05, 0.1) is 24.0 Å². The van der Waals surface area contributed by atoms with Crippen LogP contribution in [0.25, 0.3) is 0 Å². The zero-order valence-electron chi connectivity index (χ0n) is 19.7. The van der Waals surface area contributed by atoms with Crippen LogP contribution in [0.2, 0.25) is 0 Å². The van der Waals surface area contributed by atoms with E-state index in [-0.39, 0.29) is 36.4 Å². The van der Waals surface area contributed by atoms with Crippen molar-refractivity contribution in [3.63, 3.8) is 0 Å². The van der Waals surface area contributed by atoms with Crippen LogP contribution in [0, 0.1) is 24.4 Å². The van der Waals surface area contributed by atoms with E-state index in [0.717, 1.165) is 15.0 Å². The minimum absolute atomic E-state index is 0.131. The highest BCUT2D eigenvalue weighted by atomic mass is 32.2. The van der Waals surface area contributed by atoms with Crippen molar-refractivity contribution in [2.24, 2.45) is 0 Å².